The molecule has 9 heteroatoms. The number of hydrogen-bond donors (Lipinski definition) is 3. The summed E-state index contributed by atoms with van der Waals surface area (Å²) in [6.07, 6.45) is -0.233. The van der Waals surface area contributed by atoms with Crippen LogP contribution in [0.5, 0.6) is 0 Å². The van der Waals surface area contributed by atoms with Crippen molar-refractivity contribution < 1.29 is 28.7 Å². The van der Waals surface area contributed by atoms with Crippen LogP contribution in [0.15, 0.2) is 84.9 Å². The monoisotopic (exact) mass is 545 g/mol. The quantitative estimate of drug-likeness (QED) is 0.327. The summed E-state index contributed by atoms with van der Waals surface area (Å²) >= 11 is 0. The van der Waals surface area contributed by atoms with E-state index in [1.54, 1.807) is 39.0 Å². The Labute approximate surface area is 234 Å². The fourth-order valence-corrected chi connectivity index (χ4v) is 3.90. The van der Waals surface area contributed by atoms with Crippen molar-refractivity contribution in [2.75, 3.05) is 12.4 Å². The maximum atomic E-state index is 13.3. The lowest BCUT2D eigenvalue weighted by atomic mass is 10.0. The van der Waals surface area contributed by atoms with Crippen LogP contribution in [-0.4, -0.2) is 48.7 Å². The number of benzene rings is 3. The van der Waals surface area contributed by atoms with Gasteiger partial charge in [-0.3, -0.25) is 9.59 Å². The minimum Gasteiger partial charge on any atom is -0.467 e. The SMILES string of the molecule is COC(=O)[C@H](Cc1ccccc1)NC(=O)c1cccc(NC(=O)[C@H](Cc2ccccc2)NC(=O)OC(C)(C)C)c1. The molecule has 210 valence electrons. The van der Waals surface area contributed by atoms with Gasteiger partial charge >= 0.3 is 12.1 Å². The molecule has 0 heterocycles. The largest absolute Gasteiger partial charge is 0.467 e. The first-order valence-corrected chi connectivity index (χ1v) is 12.9. The van der Waals surface area contributed by atoms with Crippen LogP contribution in [0.25, 0.3) is 0 Å². The van der Waals surface area contributed by atoms with Gasteiger partial charge < -0.3 is 25.4 Å². The number of methoxy groups -OCH3 is 1. The molecule has 0 aliphatic rings. The minimum atomic E-state index is -0.940. The van der Waals surface area contributed by atoms with Gasteiger partial charge in [0, 0.05) is 24.1 Å². The van der Waals surface area contributed by atoms with Gasteiger partial charge in [0.05, 0.1) is 7.11 Å². The molecule has 9 nitrogen and oxygen atoms in total. The maximum absolute atomic E-state index is 13.3. The first-order valence-electron chi connectivity index (χ1n) is 12.9. The van der Waals surface area contributed by atoms with Crippen molar-refractivity contribution in [2.45, 2.75) is 51.3 Å². The molecule has 0 aliphatic carbocycles. The van der Waals surface area contributed by atoms with E-state index in [1.807, 2.05) is 60.7 Å². The van der Waals surface area contributed by atoms with E-state index in [4.69, 9.17) is 9.47 Å². The van der Waals surface area contributed by atoms with E-state index >= 15 is 0 Å². The number of ether oxygens (including phenoxy) is 2. The molecule has 2 atom stereocenters. The summed E-state index contributed by atoms with van der Waals surface area (Å²) in [7, 11) is 1.26. The third-order valence-electron chi connectivity index (χ3n) is 5.76. The fourth-order valence-electron chi connectivity index (χ4n) is 3.90. The second kappa shape index (κ2) is 13.9. The summed E-state index contributed by atoms with van der Waals surface area (Å²) in [4.78, 5) is 51.1. The van der Waals surface area contributed by atoms with Crippen molar-refractivity contribution in [3.63, 3.8) is 0 Å². The Bertz CT molecular complexity index is 1310. The van der Waals surface area contributed by atoms with E-state index in [0.29, 0.717) is 5.69 Å². The summed E-state index contributed by atoms with van der Waals surface area (Å²) in [5.41, 5.74) is 1.56. The first kappa shape index (κ1) is 29.9. The predicted molar refractivity (Wildman–Crippen MR) is 152 cm³/mol. The summed E-state index contributed by atoms with van der Waals surface area (Å²) < 4.78 is 10.2. The molecular formula is C31H35N3O6. The minimum absolute atomic E-state index is 0.229. The van der Waals surface area contributed by atoms with Crippen LogP contribution in [0, 0.1) is 0 Å². The van der Waals surface area contributed by atoms with Crippen LogP contribution >= 0.6 is 0 Å². The first-order chi connectivity index (χ1) is 19.0. The van der Waals surface area contributed by atoms with Crippen LogP contribution in [0.4, 0.5) is 10.5 Å². The van der Waals surface area contributed by atoms with Gasteiger partial charge in [-0.15, -0.1) is 0 Å². The average Bonchev–Trinajstić information content (AvgIpc) is 2.92. The molecule has 0 aliphatic heterocycles. The molecule has 3 N–H and O–H groups in total. The zero-order valence-corrected chi connectivity index (χ0v) is 23.1. The molecule has 0 aromatic heterocycles. The number of alkyl carbamates (subject to hydrolysis) is 1. The highest BCUT2D eigenvalue weighted by Gasteiger charge is 2.26. The Balaban J connectivity index is 1.73. The molecule has 0 bridgehead atoms. The lowest BCUT2D eigenvalue weighted by molar-refractivity contribution is -0.142. The number of carbonyl (C=O) groups excluding carboxylic acids is 4. The third-order valence-corrected chi connectivity index (χ3v) is 5.76. The van der Waals surface area contributed by atoms with E-state index in [9.17, 15) is 19.2 Å². The van der Waals surface area contributed by atoms with Gasteiger partial charge in [-0.05, 0) is 50.1 Å². The zero-order chi connectivity index (χ0) is 29.1. The molecule has 3 aromatic rings. The molecule has 3 aromatic carbocycles. The molecular weight excluding hydrogens is 510 g/mol. The van der Waals surface area contributed by atoms with E-state index < -0.39 is 41.6 Å². The van der Waals surface area contributed by atoms with Gasteiger partial charge in [0.15, 0.2) is 0 Å². The zero-order valence-electron chi connectivity index (χ0n) is 23.1. The number of hydrogen-bond acceptors (Lipinski definition) is 6. The Kier molecular flexibility index (Phi) is 10.4. The maximum Gasteiger partial charge on any atom is 0.408 e. The Morgan fingerprint density at radius 3 is 1.88 bits per heavy atom. The predicted octanol–water partition coefficient (Wildman–Crippen LogP) is 4.28. The summed E-state index contributed by atoms with van der Waals surface area (Å²) in [6, 6.07) is 23.0. The van der Waals surface area contributed by atoms with E-state index in [2.05, 4.69) is 16.0 Å². The molecule has 0 fully saturated rings. The van der Waals surface area contributed by atoms with Crippen molar-refractivity contribution in [1.29, 1.82) is 0 Å². The second-order valence-corrected chi connectivity index (χ2v) is 10.2. The highest BCUT2D eigenvalue weighted by Crippen LogP contribution is 2.14. The van der Waals surface area contributed by atoms with Crippen molar-refractivity contribution in [3.05, 3.63) is 102 Å². The third kappa shape index (κ3) is 9.58. The number of nitrogens with one attached hydrogen (secondary N) is 3. The van der Waals surface area contributed by atoms with Crippen LogP contribution in [-0.2, 0) is 31.9 Å². The average molecular weight is 546 g/mol. The molecule has 0 radical (unpaired) electrons. The summed E-state index contributed by atoms with van der Waals surface area (Å²) in [6.45, 7) is 5.21. The molecule has 0 unspecified atom stereocenters. The lowest BCUT2D eigenvalue weighted by Crippen LogP contribution is -2.47. The normalized spacial score (nSPS) is 12.4. The van der Waals surface area contributed by atoms with Gasteiger partial charge in [0.1, 0.15) is 17.7 Å². The van der Waals surface area contributed by atoms with Crippen LogP contribution in [0.1, 0.15) is 42.3 Å². The van der Waals surface area contributed by atoms with Crippen molar-refractivity contribution in [1.82, 2.24) is 10.6 Å². The molecule has 0 saturated heterocycles. The van der Waals surface area contributed by atoms with Crippen molar-refractivity contribution in [3.8, 4) is 0 Å². The second-order valence-electron chi connectivity index (χ2n) is 10.2. The summed E-state index contributed by atoms with van der Waals surface area (Å²) in [5, 5.41) is 8.13. The Hall–Kier alpha value is -4.66. The fraction of sp³-hybridized carbons (Fsp3) is 0.290. The van der Waals surface area contributed by atoms with Gasteiger partial charge in [0.25, 0.3) is 5.91 Å². The van der Waals surface area contributed by atoms with E-state index in [0.717, 1.165) is 11.1 Å². The number of anilines is 1. The van der Waals surface area contributed by atoms with Gasteiger partial charge in [-0.2, -0.15) is 0 Å². The lowest BCUT2D eigenvalue weighted by Gasteiger charge is -2.23. The Morgan fingerprint density at radius 1 is 0.750 bits per heavy atom. The number of carbonyl (C=O) groups is 4. The molecule has 3 rings (SSSR count). The molecule has 3 amide bonds. The molecule has 40 heavy (non-hydrogen) atoms. The number of amides is 3. The van der Waals surface area contributed by atoms with E-state index in [-0.39, 0.29) is 18.4 Å². The van der Waals surface area contributed by atoms with Crippen LogP contribution in [0.2, 0.25) is 0 Å². The number of rotatable bonds is 10. The van der Waals surface area contributed by atoms with E-state index in [1.165, 1.54) is 13.2 Å². The highest BCUT2D eigenvalue weighted by atomic mass is 16.6. The van der Waals surface area contributed by atoms with Crippen molar-refractivity contribution >= 4 is 29.6 Å². The number of esters is 1. The Morgan fingerprint density at radius 2 is 1.32 bits per heavy atom. The van der Waals surface area contributed by atoms with Gasteiger partial charge in [-0.1, -0.05) is 66.7 Å². The molecule has 0 saturated carbocycles. The van der Waals surface area contributed by atoms with Gasteiger partial charge in [-0.25, -0.2) is 9.59 Å². The standard InChI is InChI=1S/C31H35N3O6/c1-31(2,3)40-30(38)34-25(18-21-12-7-5-8-13-21)28(36)32-24-17-11-16-23(20-24)27(35)33-26(29(37)39-4)19-22-14-9-6-10-15-22/h5-17,20,25-26H,18-19H2,1-4H3,(H,32,36)(H,33,35)(H,34,38)/t25-,26-/m0/s1. The van der Waals surface area contributed by atoms with Gasteiger partial charge in [0.2, 0.25) is 5.91 Å². The van der Waals surface area contributed by atoms with Crippen LogP contribution in [0.3, 0.4) is 0 Å². The highest BCUT2D eigenvalue weighted by molar-refractivity contribution is 6.00. The van der Waals surface area contributed by atoms with Crippen molar-refractivity contribution in [2.24, 2.45) is 0 Å². The topological polar surface area (TPSA) is 123 Å². The van der Waals surface area contributed by atoms with Crippen LogP contribution < -0.4 is 16.0 Å². The summed E-state index contributed by atoms with van der Waals surface area (Å²) in [5.74, 6) is -1.56. The molecule has 0 spiro atoms. The smallest absolute Gasteiger partial charge is 0.408 e.